The van der Waals surface area contributed by atoms with Crippen LogP contribution in [0.15, 0.2) is 108 Å². The summed E-state index contributed by atoms with van der Waals surface area (Å²) in [7, 11) is 2.14. The minimum absolute atomic E-state index is 0.0698. The molecule has 1 amide bonds. The summed E-state index contributed by atoms with van der Waals surface area (Å²) in [5.41, 5.74) is 6.07. The number of amides is 1. The van der Waals surface area contributed by atoms with Crippen molar-refractivity contribution in [3.05, 3.63) is 120 Å². The van der Waals surface area contributed by atoms with Crippen LogP contribution >= 0.6 is 0 Å². The van der Waals surface area contributed by atoms with Gasteiger partial charge in [0, 0.05) is 44.0 Å². The first-order valence-corrected chi connectivity index (χ1v) is 14.1. The molecule has 1 saturated heterocycles. The van der Waals surface area contributed by atoms with Crippen LogP contribution in [0.3, 0.4) is 0 Å². The molecule has 0 spiro atoms. The molecule has 1 fully saturated rings. The number of nitrogens with one attached hydrogen (secondary N) is 1. The zero-order valence-corrected chi connectivity index (χ0v) is 23.2. The minimum Gasteiger partial charge on any atom is -0.352 e. The van der Waals surface area contributed by atoms with Crippen LogP contribution < -0.4 is 10.2 Å². The molecule has 6 nitrogen and oxygen atoms in total. The molecule has 0 aromatic heterocycles. The molecule has 0 aliphatic carbocycles. The monoisotopic (exact) mass is 547 g/mol. The first kappa shape index (κ1) is 26.7. The second-order valence-corrected chi connectivity index (χ2v) is 10.7. The van der Waals surface area contributed by atoms with Gasteiger partial charge in [-0.05, 0) is 54.1 Å². The van der Waals surface area contributed by atoms with Crippen molar-refractivity contribution in [2.24, 2.45) is 4.99 Å². The predicted molar refractivity (Wildman–Crippen MR) is 163 cm³/mol. The lowest BCUT2D eigenvalue weighted by atomic mass is 9.96. The van der Waals surface area contributed by atoms with Gasteiger partial charge in [0.15, 0.2) is 0 Å². The highest BCUT2D eigenvalue weighted by Gasteiger charge is 2.36. The van der Waals surface area contributed by atoms with Crippen LogP contribution in [0.5, 0.6) is 0 Å². The highest BCUT2D eigenvalue weighted by atomic mass is 19.1. The standard InChI is InChI=1S/C34H34FN5O/c1-38-19-21-39(22-20-38)34-37-31-10-6-5-9-30(31)32(23-33(41)36-24-25-11-15-28(35)16-12-25)40(34)29-17-13-27(14-18-29)26-7-3-2-4-8-26/h2-18,32H,19-24H2,1H3,(H,36,41). The maximum Gasteiger partial charge on any atom is 0.222 e. The fourth-order valence-corrected chi connectivity index (χ4v) is 5.53. The van der Waals surface area contributed by atoms with Gasteiger partial charge in [0.1, 0.15) is 5.82 Å². The number of fused-ring (bicyclic) bond motifs is 1. The number of hydrogen-bond donors (Lipinski definition) is 1. The van der Waals surface area contributed by atoms with Crippen molar-refractivity contribution in [3.8, 4) is 11.1 Å². The Hall–Kier alpha value is -4.49. The van der Waals surface area contributed by atoms with E-state index in [1.54, 1.807) is 12.1 Å². The molecule has 0 radical (unpaired) electrons. The summed E-state index contributed by atoms with van der Waals surface area (Å²) in [6.45, 7) is 3.96. The molecule has 4 aromatic carbocycles. The van der Waals surface area contributed by atoms with Crippen LogP contribution in [0.1, 0.15) is 23.6 Å². The van der Waals surface area contributed by atoms with Crippen molar-refractivity contribution in [2.75, 3.05) is 38.1 Å². The lowest BCUT2D eigenvalue weighted by Crippen LogP contribution is -2.54. The number of halogens is 1. The second-order valence-electron chi connectivity index (χ2n) is 10.7. The summed E-state index contributed by atoms with van der Waals surface area (Å²) < 4.78 is 13.4. The van der Waals surface area contributed by atoms with E-state index in [4.69, 9.17) is 4.99 Å². The number of nitrogens with zero attached hydrogens (tertiary/aromatic N) is 4. The van der Waals surface area contributed by atoms with E-state index in [0.29, 0.717) is 6.54 Å². The highest BCUT2D eigenvalue weighted by molar-refractivity contribution is 6.01. The highest BCUT2D eigenvalue weighted by Crippen LogP contribution is 2.41. The van der Waals surface area contributed by atoms with E-state index >= 15 is 0 Å². The zero-order chi connectivity index (χ0) is 28.2. The number of benzene rings is 4. The van der Waals surface area contributed by atoms with Crippen molar-refractivity contribution in [1.29, 1.82) is 0 Å². The molecule has 6 rings (SSSR count). The summed E-state index contributed by atoms with van der Waals surface area (Å²) >= 11 is 0. The van der Waals surface area contributed by atoms with Crippen LogP contribution in [0.25, 0.3) is 11.1 Å². The van der Waals surface area contributed by atoms with Gasteiger partial charge in [-0.15, -0.1) is 0 Å². The van der Waals surface area contributed by atoms with E-state index in [1.165, 1.54) is 12.1 Å². The zero-order valence-electron chi connectivity index (χ0n) is 23.2. The third-order valence-corrected chi connectivity index (χ3v) is 7.86. The molecule has 208 valence electrons. The predicted octanol–water partition coefficient (Wildman–Crippen LogP) is 6.00. The first-order chi connectivity index (χ1) is 20.0. The molecule has 1 atom stereocenters. The Labute approximate surface area is 240 Å². The lowest BCUT2D eigenvalue weighted by molar-refractivity contribution is -0.121. The third-order valence-electron chi connectivity index (χ3n) is 7.86. The minimum atomic E-state index is -0.288. The molecule has 4 aromatic rings. The maximum absolute atomic E-state index is 13.4. The van der Waals surface area contributed by atoms with Crippen LogP contribution in [-0.4, -0.2) is 54.9 Å². The Morgan fingerprint density at radius 3 is 2.22 bits per heavy atom. The fraction of sp³-hybridized carbons (Fsp3) is 0.235. The van der Waals surface area contributed by atoms with Crippen LogP contribution in [0.4, 0.5) is 15.8 Å². The molecule has 2 heterocycles. The van der Waals surface area contributed by atoms with E-state index in [1.807, 2.05) is 36.4 Å². The van der Waals surface area contributed by atoms with Crippen molar-refractivity contribution in [3.63, 3.8) is 0 Å². The van der Waals surface area contributed by atoms with Crippen LogP contribution in [0, 0.1) is 5.82 Å². The molecule has 7 heteroatoms. The number of piperazine rings is 1. The largest absolute Gasteiger partial charge is 0.352 e. The number of para-hydroxylation sites is 1. The van der Waals surface area contributed by atoms with Gasteiger partial charge >= 0.3 is 0 Å². The molecule has 41 heavy (non-hydrogen) atoms. The number of carbonyl (C=O) groups excluding carboxylic acids is 1. The van der Waals surface area contributed by atoms with E-state index in [9.17, 15) is 9.18 Å². The lowest BCUT2D eigenvalue weighted by Gasteiger charge is -2.44. The Morgan fingerprint density at radius 1 is 0.829 bits per heavy atom. The molecule has 2 aliphatic rings. The number of rotatable bonds is 6. The number of carbonyl (C=O) groups is 1. The topological polar surface area (TPSA) is 51.2 Å². The number of likely N-dealkylation sites (N-methyl/N-ethyl adjacent to an activating group) is 1. The first-order valence-electron chi connectivity index (χ1n) is 14.1. The number of aliphatic imine (C=N–C) groups is 1. The summed E-state index contributed by atoms with van der Waals surface area (Å²) in [6.07, 6.45) is 0.255. The molecular weight excluding hydrogens is 513 g/mol. The van der Waals surface area contributed by atoms with Crippen molar-refractivity contribution < 1.29 is 9.18 Å². The molecular formula is C34H34FN5O. The Balaban J connectivity index is 1.34. The smallest absolute Gasteiger partial charge is 0.222 e. The van der Waals surface area contributed by atoms with Gasteiger partial charge in [0.05, 0.1) is 18.2 Å². The number of guanidine groups is 1. The van der Waals surface area contributed by atoms with Crippen molar-refractivity contribution in [2.45, 2.75) is 19.0 Å². The van der Waals surface area contributed by atoms with Crippen LogP contribution in [-0.2, 0) is 11.3 Å². The van der Waals surface area contributed by atoms with Gasteiger partial charge in [-0.3, -0.25) is 4.79 Å². The average molecular weight is 548 g/mol. The normalized spacial score (nSPS) is 17.1. The molecule has 0 saturated carbocycles. The average Bonchev–Trinajstić information content (AvgIpc) is 3.01. The maximum atomic E-state index is 13.4. The molecule has 0 bridgehead atoms. The third kappa shape index (κ3) is 6.00. The summed E-state index contributed by atoms with van der Waals surface area (Å²) in [5, 5.41) is 3.05. The summed E-state index contributed by atoms with van der Waals surface area (Å²) in [6, 6.07) is 33.0. The van der Waals surface area contributed by atoms with Gasteiger partial charge in [-0.2, -0.15) is 0 Å². The molecule has 1 unspecified atom stereocenters. The van der Waals surface area contributed by atoms with Gasteiger partial charge in [-0.1, -0.05) is 72.8 Å². The Bertz CT molecular complexity index is 1510. The van der Waals surface area contributed by atoms with E-state index in [-0.39, 0.29) is 24.2 Å². The second kappa shape index (κ2) is 11.9. The molecule has 1 N–H and O–H groups in total. The number of anilines is 1. The molecule has 2 aliphatic heterocycles. The van der Waals surface area contributed by atoms with Gasteiger partial charge in [0.2, 0.25) is 11.9 Å². The van der Waals surface area contributed by atoms with E-state index in [2.05, 4.69) is 69.5 Å². The van der Waals surface area contributed by atoms with Gasteiger partial charge < -0.3 is 20.0 Å². The van der Waals surface area contributed by atoms with Crippen LogP contribution in [0.2, 0.25) is 0 Å². The fourth-order valence-electron chi connectivity index (χ4n) is 5.53. The van der Waals surface area contributed by atoms with Gasteiger partial charge in [0.25, 0.3) is 0 Å². The summed E-state index contributed by atoms with van der Waals surface area (Å²) in [4.78, 5) is 25.5. The van der Waals surface area contributed by atoms with E-state index in [0.717, 1.165) is 65.8 Å². The SMILES string of the molecule is CN1CCN(C2=Nc3ccccc3C(CC(=O)NCc3ccc(F)cc3)N2c2ccc(-c3ccccc3)cc2)CC1. The van der Waals surface area contributed by atoms with Crippen molar-refractivity contribution >= 4 is 23.2 Å². The number of hydrogen-bond acceptors (Lipinski definition) is 5. The Kier molecular flexibility index (Phi) is 7.78. The summed E-state index contributed by atoms with van der Waals surface area (Å²) in [5.74, 6) is 0.517. The Morgan fingerprint density at radius 2 is 1.49 bits per heavy atom. The van der Waals surface area contributed by atoms with Crippen molar-refractivity contribution in [1.82, 2.24) is 15.1 Å². The quantitative estimate of drug-likeness (QED) is 0.322. The van der Waals surface area contributed by atoms with Gasteiger partial charge in [-0.25, -0.2) is 9.38 Å². The van der Waals surface area contributed by atoms with E-state index < -0.39 is 0 Å².